The van der Waals surface area contributed by atoms with Crippen molar-refractivity contribution in [2.45, 2.75) is 6.92 Å². The van der Waals surface area contributed by atoms with E-state index in [-0.39, 0.29) is 11.6 Å². The summed E-state index contributed by atoms with van der Waals surface area (Å²) < 4.78 is 24.6. The minimum Gasteiger partial charge on any atom is -0.286 e. The molecular weight excluding hydrogens is 200 g/mol. The highest BCUT2D eigenvalue weighted by molar-refractivity contribution is 7.84. The smallest absolute Gasteiger partial charge is 0.286 e. The maximum absolute atomic E-state index is 11.2. The van der Waals surface area contributed by atoms with Crippen LogP contribution in [-0.4, -0.2) is 20.0 Å². The fraction of sp³-hybridized carbons (Fsp3) is 0.222. The SMILES string of the molecule is CCS(=O)(=O)[NH+]=C(N)c1ccccc1. The Hall–Kier alpha value is -1.36. The molecule has 0 unspecified atom stereocenters. The van der Waals surface area contributed by atoms with Crippen LogP contribution in [0.25, 0.3) is 0 Å². The number of nitrogens with one attached hydrogen (secondary N) is 1. The van der Waals surface area contributed by atoms with Gasteiger partial charge in [-0.1, -0.05) is 18.2 Å². The summed E-state index contributed by atoms with van der Waals surface area (Å²) in [5.74, 6) is 0.174. The van der Waals surface area contributed by atoms with Gasteiger partial charge in [-0.25, -0.2) is 0 Å². The van der Waals surface area contributed by atoms with Crippen LogP contribution in [0.15, 0.2) is 30.3 Å². The van der Waals surface area contributed by atoms with Crippen molar-refractivity contribution in [2.24, 2.45) is 5.73 Å². The summed E-state index contributed by atoms with van der Waals surface area (Å²) in [5, 5.41) is 0. The predicted octanol–water partition coefficient (Wildman–Crippen LogP) is -1.18. The molecule has 0 aromatic heterocycles. The van der Waals surface area contributed by atoms with Gasteiger partial charge in [0, 0.05) is 0 Å². The van der Waals surface area contributed by atoms with Crippen LogP contribution in [0.3, 0.4) is 0 Å². The molecule has 0 aliphatic heterocycles. The fourth-order valence-corrected chi connectivity index (χ4v) is 1.51. The van der Waals surface area contributed by atoms with E-state index in [4.69, 9.17) is 5.73 Å². The van der Waals surface area contributed by atoms with Crippen LogP contribution < -0.4 is 10.1 Å². The van der Waals surface area contributed by atoms with E-state index in [1.54, 1.807) is 31.2 Å². The fourth-order valence-electron chi connectivity index (χ4n) is 0.916. The van der Waals surface area contributed by atoms with Crippen LogP contribution in [-0.2, 0) is 10.0 Å². The molecule has 0 bridgehead atoms. The van der Waals surface area contributed by atoms with Crippen LogP contribution in [0.5, 0.6) is 0 Å². The molecule has 14 heavy (non-hydrogen) atoms. The molecule has 1 aromatic rings. The lowest BCUT2D eigenvalue weighted by molar-refractivity contribution is -0.267. The number of sulfonamides is 1. The van der Waals surface area contributed by atoms with E-state index in [1.807, 2.05) is 6.07 Å². The molecule has 76 valence electrons. The van der Waals surface area contributed by atoms with Gasteiger partial charge in [0.1, 0.15) is 0 Å². The highest BCUT2D eigenvalue weighted by Gasteiger charge is 2.10. The number of amidine groups is 1. The number of hydrogen-bond donors (Lipinski definition) is 2. The van der Waals surface area contributed by atoms with Crippen LogP contribution in [0.1, 0.15) is 12.5 Å². The minimum absolute atomic E-state index is 0.0144. The quantitative estimate of drug-likeness (QED) is 0.490. The lowest BCUT2D eigenvalue weighted by Crippen LogP contribution is -2.79. The second-order valence-corrected chi connectivity index (χ2v) is 4.80. The zero-order chi connectivity index (χ0) is 10.6. The number of nitrogens with two attached hydrogens (primary N) is 1. The molecule has 0 atom stereocenters. The number of nitrogen functional groups attached to an aromatic ring is 1. The van der Waals surface area contributed by atoms with Crippen molar-refractivity contribution < 1.29 is 12.8 Å². The normalized spacial score (nSPS) is 12.8. The molecule has 1 aromatic carbocycles. The highest BCUT2D eigenvalue weighted by atomic mass is 32.2. The second kappa shape index (κ2) is 4.23. The molecule has 3 N–H and O–H groups in total. The first-order valence-corrected chi connectivity index (χ1v) is 5.88. The maximum Gasteiger partial charge on any atom is 0.298 e. The Morgan fingerprint density at radius 2 is 1.93 bits per heavy atom. The zero-order valence-corrected chi connectivity index (χ0v) is 8.71. The van der Waals surface area contributed by atoms with Crippen LogP contribution in [0.4, 0.5) is 0 Å². The summed E-state index contributed by atoms with van der Waals surface area (Å²) in [5.41, 5.74) is 6.25. The Kier molecular flexibility index (Phi) is 3.24. The van der Waals surface area contributed by atoms with Crippen molar-refractivity contribution >= 4 is 15.9 Å². The Morgan fingerprint density at radius 3 is 2.43 bits per heavy atom. The molecule has 4 nitrogen and oxygen atoms in total. The monoisotopic (exact) mass is 213 g/mol. The Labute approximate surface area is 83.5 Å². The number of rotatable bonds is 3. The van der Waals surface area contributed by atoms with Crippen molar-refractivity contribution in [3.8, 4) is 0 Å². The van der Waals surface area contributed by atoms with Gasteiger partial charge in [0.05, 0.1) is 11.3 Å². The van der Waals surface area contributed by atoms with Crippen LogP contribution >= 0.6 is 0 Å². The summed E-state index contributed by atoms with van der Waals surface area (Å²) in [6.45, 7) is 1.56. The molecule has 0 aliphatic carbocycles. The van der Waals surface area contributed by atoms with E-state index < -0.39 is 10.0 Å². The molecule has 5 heteroatoms. The van der Waals surface area contributed by atoms with Gasteiger partial charge < -0.3 is 0 Å². The molecule has 0 saturated carbocycles. The Bertz CT molecular complexity index is 423. The van der Waals surface area contributed by atoms with E-state index in [0.717, 1.165) is 0 Å². The molecule has 0 saturated heterocycles. The van der Waals surface area contributed by atoms with Crippen LogP contribution in [0.2, 0.25) is 0 Å². The summed E-state index contributed by atoms with van der Waals surface area (Å²) in [7, 11) is -3.28. The number of hydrogen-bond acceptors (Lipinski definition) is 2. The van der Waals surface area contributed by atoms with Gasteiger partial charge in [0.15, 0.2) is 0 Å². The molecule has 0 amide bonds. The third-order valence-corrected chi connectivity index (χ3v) is 3.02. The van der Waals surface area contributed by atoms with E-state index in [0.29, 0.717) is 5.56 Å². The highest BCUT2D eigenvalue weighted by Crippen LogP contribution is 1.93. The van der Waals surface area contributed by atoms with E-state index in [1.165, 1.54) is 0 Å². The molecular formula is C9H13N2O2S+. The summed E-state index contributed by atoms with van der Waals surface area (Å²) in [6, 6.07) is 8.91. The summed E-state index contributed by atoms with van der Waals surface area (Å²) in [6.07, 6.45) is 0. The van der Waals surface area contributed by atoms with Crippen LogP contribution in [0, 0.1) is 0 Å². The van der Waals surface area contributed by atoms with Gasteiger partial charge >= 0.3 is 0 Å². The van der Waals surface area contributed by atoms with Crippen molar-refractivity contribution in [3.05, 3.63) is 35.9 Å². The van der Waals surface area contributed by atoms with E-state index in [9.17, 15) is 8.42 Å². The Morgan fingerprint density at radius 1 is 1.36 bits per heavy atom. The van der Waals surface area contributed by atoms with Gasteiger partial charge in [0.2, 0.25) is 0 Å². The van der Waals surface area contributed by atoms with Gasteiger partial charge in [-0.15, -0.1) is 0 Å². The number of benzene rings is 1. The third kappa shape index (κ3) is 2.85. The average molecular weight is 213 g/mol. The van der Waals surface area contributed by atoms with E-state index >= 15 is 0 Å². The average Bonchev–Trinajstić information content (AvgIpc) is 2.19. The molecule has 0 radical (unpaired) electrons. The molecule has 0 fully saturated rings. The first-order valence-electron chi connectivity index (χ1n) is 4.23. The lowest BCUT2D eigenvalue weighted by Gasteiger charge is -1.94. The van der Waals surface area contributed by atoms with Gasteiger partial charge in [-0.2, -0.15) is 12.8 Å². The third-order valence-electron chi connectivity index (χ3n) is 1.73. The maximum atomic E-state index is 11.2. The van der Waals surface area contributed by atoms with Crippen molar-refractivity contribution in [2.75, 3.05) is 5.75 Å². The predicted molar refractivity (Wildman–Crippen MR) is 55.2 cm³/mol. The van der Waals surface area contributed by atoms with Crippen molar-refractivity contribution in [1.82, 2.24) is 0 Å². The van der Waals surface area contributed by atoms with Gasteiger partial charge in [-0.3, -0.25) is 5.73 Å². The molecule has 0 spiro atoms. The minimum atomic E-state index is -3.28. The van der Waals surface area contributed by atoms with Gasteiger partial charge in [0.25, 0.3) is 15.9 Å². The first kappa shape index (κ1) is 10.7. The van der Waals surface area contributed by atoms with Crippen molar-refractivity contribution in [1.29, 1.82) is 0 Å². The topological polar surface area (TPSA) is 74.1 Å². The molecule has 0 aliphatic rings. The standard InChI is InChI=1S/C9H12N2O2S/c1-2-14(12,13)11-9(10)8-6-4-3-5-7-8/h3-7H,2H2,1H3,(H2,10,11)/p+1. The zero-order valence-electron chi connectivity index (χ0n) is 7.90. The van der Waals surface area contributed by atoms with Crippen molar-refractivity contribution in [3.63, 3.8) is 0 Å². The molecule has 0 heterocycles. The van der Waals surface area contributed by atoms with Gasteiger partial charge in [-0.05, 0) is 19.1 Å². The van der Waals surface area contributed by atoms with E-state index in [2.05, 4.69) is 4.40 Å². The Balaban J connectivity index is 3.03. The molecule has 1 rings (SSSR count). The second-order valence-electron chi connectivity index (χ2n) is 2.79. The lowest BCUT2D eigenvalue weighted by atomic mass is 10.2. The largest absolute Gasteiger partial charge is 0.298 e. The summed E-state index contributed by atoms with van der Waals surface area (Å²) >= 11 is 0. The first-order chi connectivity index (χ1) is 6.55. The summed E-state index contributed by atoms with van der Waals surface area (Å²) in [4.78, 5) is 0.